The number of nitrogens with one attached hydrogen (secondary N) is 1. The number of hydrogen-bond acceptors (Lipinski definition) is 2. The van der Waals surface area contributed by atoms with Crippen LogP contribution in [-0.2, 0) is 0 Å². The van der Waals surface area contributed by atoms with Gasteiger partial charge in [-0.1, -0.05) is 51.8 Å². The van der Waals surface area contributed by atoms with Gasteiger partial charge in [0.15, 0.2) is 0 Å². The van der Waals surface area contributed by atoms with Gasteiger partial charge in [-0.2, -0.15) is 0 Å². The number of anilines is 1. The molecule has 0 spiro atoms. The molecule has 1 unspecified atom stereocenters. The van der Waals surface area contributed by atoms with Gasteiger partial charge in [0.2, 0.25) is 0 Å². The third-order valence-electron chi connectivity index (χ3n) is 3.48. The van der Waals surface area contributed by atoms with Gasteiger partial charge in [-0.15, -0.1) is 0 Å². The molecule has 1 heterocycles. The van der Waals surface area contributed by atoms with E-state index < -0.39 is 0 Å². The first-order valence-corrected chi connectivity index (χ1v) is 7.87. The van der Waals surface area contributed by atoms with Gasteiger partial charge in [0.25, 0.3) is 0 Å². The minimum Gasteiger partial charge on any atom is -0.363 e. The van der Waals surface area contributed by atoms with Crippen molar-refractivity contribution in [1.82, 2.24) is 4.98 Å². The molecule has 2 aromatic carbocycles. The number of fused-ring (bicyclic) bond motifs is 1. The SMILES string of the molecule is CC(Nc1nccc2c(Br)cccc12)c1ccc(Cl)cc1. The Kier molecular flexibility index (Phi) is 4.13. The molecule has 0 aliphatic carbocycles. The molecule has 3 rings (SSSR count). The molecule has 106 valence electrons. The van der Waals surface area contributed by atoms with Gasteiger partial charge in [0.05, 0.1) is 0 Å². The predicted molar refractivity (Wildman–Crippen MR) is 92.9 cm³/mol. The summed E-state index contributed by atoms with van der Waals surface area (Å²) in [5, 5.41) is 6.48. The van der Waals surface area contributed by atoms with Crippen molar-refractivity contribution in [1.29, 1.82) is 0 Å². The highest BCUT2D eigenvalue weighted by molar-refractivity contribution is 9.10. The van der Waals surface area contributed by atoms with Crippen LogP contribution in [0.1, 0.15) is 18.5 Å². The average Bonchev–Trinajstić information content (AvgIpc) is 2.49. The summed E-state index contributed by atoms with van der Waals surface area (Å²) >= 11 is 9.51. The monoisotopic (exact) mass is 360 g/mol. The normalized spacial score (nSPS) is 12.3. The van der Waals surface area contributed by atoms with E-state index in [1.165, 1.54) is 5.56 Å². The molecule has 4 heteroatoms. The van der Waals surface area contributed by atoms with Crippen LogP contribution in [0.4, 0.5) is 5.82 Å². The second-order valence-electron chi connectivity index (χ2n) is 4.91. The summed E-state index contributed by atoms with van der Waals surface area (Å²) in [6.07, 6.45) is 1.82. The fraction of sp³-hybridized carbons (Fsp3) is 0.118. The molecule has 1 N–H and O–H groups in total. The summed E-state index contributed by atoms with van der Waals surface area (Å²) in [6, 6.07) is 16.2. The number of hydrogen-bond donors (Lipinski definition) is 1. The topological polar surface area (TPSA) is 24.9 Å². The lowest BCUT2D eigenvalue weighted by molar-refractivity contribution is 0.877. The van der Waals surface area contributed by atoms with Crippen molar-refractivity contribution in [2.45, 2.75) is 13.0 Å². The maximum absolute atomic E-state index is 5.93. The first kappa shape index (κ1) is 14.4. The zero-order valence-corrected chi connectivity index (χ0v) is 13.8. The van der Waals surface area contributed by atoms with Gasteiger partial charge in [-0.25, -0.2) is 4.98 Å². The zero-order chi connectivity index (χ0) is 14.8. The van der Waals surface area contributed by atoms with Crippen molar-refractivity contribution in [2.75, 3.05) is 5.32 Å². The van der Waals surface area contributed by atoms with Crippen molar-refractivity contribution >= 4 is 44.1 Å². The molecule has 0 bridgehead atoms. The molecule has 1 aromatic heterocycles. The van der Waals surface area contributed by atoms with Crippen LogP contribution >= 0.6 is 27.5 Å². The van der Waals surface area contributed by atoms with E-state index in [2.05, 4.69) is 39.2 Å². The minimum absolute atomic E-state index is 0.152. The molecule has 1 atom stereocenters. The summed E-state index contributed by atoms with van der Waals surface area (Å²) in [4.78, 5) is 4.47. The van der Waals surface area contributed by atoms with Crippen LogP contribution in [0.5, 0.6) is 0 Å². The standard InChI is InChI=1S/C17H14BrClN2/c1-11(12-5-7-13(19)8-6-12)21-17-15-3-2-4-16(18)14(15)9-10-20-17/h2-11H,1H3,(H,20,21). The highest BCUT2D eigenvalue weighted by Crippen LogP contribution is 2.29. The molecule has 0 aliphatic heterocycles. The van der Waals surface area contributed by atoms with Crippen LogP contribution in [0.2, 0.25) is 5.02 Å². The number of pyridine rings is 1. The predicted octanol–water partition coefficient (Wildman–Crippen LogP) is 5.82. The quantitative estimate of drug-likeness (QED) is 0.635. The van der Waals surface area contributed by atoms with Crippen LogP contribution in [0, 0.1) is 0 Å². The van der Waals surface area contributed by atoms with Crippen molar-refractivity contribution in [3.05, 3.63) is 69.8 Å². The highest BCUT2D eigenvalue weighted by Gasteiger charge is 2.09. The number of benzene rings is 2. The molecule has 0 aliphatic rings. The summed E-state index contributed by atoms with van der Waals surface area (Å²) in [7, 11) is 0. The highest BCUT2D eigenvalue weighted by atomic mass is 79.9. The van der Waals surface area contributed by atoms with E-state index in [0.717, 1.165) is 26.1 Å². The van der Waals surface area contributed by atoms with Gasteiger partial charge in [-0.05, 0) is 36.8 Å². The Morgan fingerprint density at radius 2 is 1.81 bits per heavy atom. The average molecular weight is 362 g/mol. The van der Waals surface area contributed by atoms with E-state index in [1.807, 2.05) is 48.7 Å². The first-order valence-electron chi connectivity index (χ1n) is 6.70. The van der Waals surface area contributed by atoms with Gasteiger partial charge in [-0.3, -0.25) is 0 Å². The summed E-state index contributed by atoms with van der Waals surface area (Å²) in [6.45, 7) is 2.11. The maximum atomic E-state index is 5.93. The van der Waals surface area contributed by atoms with E-state index in [-0.39, 0.29) is 6.04 Å². The van der Waals surface area contributed by atoms with Crippen LogP contribution in [0.3, 0.4) is 0 Å². The molecular formula is C17H14BrClN2. The molecule has 0 saturated carbocycles. The molecule has 0 saturated heterocycles. The van der Waals surface area contributed by atoms with Gasteiger partial charge in [0.1, 0.15) is 5.82 Å². The van der Waals surface area contributed by atoms with E-state index in [0.29, 0.717) is 0 Å². The lowest BCUT2D eigenvalue weighted by atomic mass is 10.1. The Hall–Kier alpha value is -1.58. The van der Waals surface area contributed by atoms with Gasteiger partial charge < -0.3 is 5.32 Å². The number of aromatic nitrogens is 1. The van der Waals surface area contributed by atoms with E-state index in [9.17, 15) is 0 Å². The van der Waals surface area contributed by atoms with Crippen molar-refractivity contribution < 1.29 is 0 Å². The summed E-state index contributed by atoms with van der Waals surface area (Å²) in [5.74, 6) is 0.885. The van der Waals surface area contributed by atoms with E-state index >= 15 is 0 Å². The number of halogens is 2. The van der Waals surface area contributed by atoms with Crippen LogP contribution in [0.25, 0.3) is 10.8 Å². The minimum atomic E-state index is 0.152. The smallest absolute Gasteiger partial charge is 0.134 e. The molecular weight excluding hydrogens is 348 g/mol. The summed E-state index contributed by atoms with van der Waals surface area (Å²) in [5.41, 5.74) is 1.17. The molecule has 21 heavy (non-hydrogen) atoms. The molecule has 0 fully saturated rings. The van der Waals surface area contributed by atoms with E-state index in [4.69, 9.17) is 11.6 Å². The Morgan fingerprint density at radius 3 is 2.57 bits per heavy atom. The van der Waals surface area contributed by atoms with Crippen LogP contribution < -0.4 is 5.32 Å². The number of nitrogens with zero attached hydrogens (tertiary/aromatic N) is 1. The van der Waals surface area contributed by atoms with Crippen molar-refractivity contribution in [2.24, 2.45) is 0 Å². The fourth-order valence-corrected chi connectivity index (χ4v) is 2.95. The fourth-order valence-electron chi connectivity index (χ4n) is 2.32. The van der Waals surface area contributed by atoms with Crippen LogP contribution in [0.15, 0.2) is 59.2 Å². The van der Waals surface area contributed by atoms with Gasteiger partial charge >= 0.3 is 0 Å². The van der Waals surface area contributed by atoms with Gasteiger partial charge in [0, 0.05) is 32.5 Å². The Bertz CT molecular complexity index is 771. The molecule has 0 radical (unpaired) electrons. The molecule has 2 nitrogen and oxygen atoms in total. The zero-order valence-electron chi connectivity index (χ0n) is 11.5. The Balaban J connectivity index is 1.94. The third kappa shape index (κ3) is 3.04. The Morgan fingerprint density at radius 1 is 1.05 bits per heavy atom. The second-order valence-corrected chi connectivity index (χ2v) is 6.20. The maximum Gasteiger partial charge on any atom is 0.134 e. The lowest BCUT2D eigenvalue weighted by Gasteiger charge is -2.16. The lowest BCUT2D eigenvalue weighted by Crippen LogP contribution is -2.08. The van der Waals surface area contributed by atoms with E-state index in [1.54, 1.807) is 0 Å². The third-order valence-corrected chi connectivity index (χ3v) is 4.42. The Labute approximate surface area is 137 Å². The largest absolute Gasteiger partial charge is 0.363 e. The van der Waals surface area contributed by atoms with Crippen molar-refractivity contribution in [3.8, 4) is 0 Å². The first-order chi connectivity index (χ1) is 10.1. The second kappa shape index (κ2) is 6.04. The van der Waals surface area contributed by atoms with Crippen molar-refractivity contribution in [3.63, 3.8) is 0 Å². The summed E-state index contributed by atoms with van der Waals surface area (Å²) < 4.78 is 1.07. The number of rotatable bonds is 3. The van der Waals surface area contributed by atoms with Crippen LogP contribution in [-0.4, -0.2) is 4.98 Å². The molecule has 3 aromatic rings. The molecule has 0 amide bonds.